The highest BCUT2D eigenvalue weighted by Crippen LogP contribution is 2.22. The molecule has 5 heteroatoms. The van der Waals surface area contributed by atoms with Crippen LogP contribution >= 0.6 is 0 Å². The van der Waals surface area contributed by atoms with Gasteiger partial charge in [-0.05, 0) is 12.8 Å². The number of hydrogen-bond acceptors (Lipinski definition) is 3. The second kappa shape index (κ2) is 6.48. The summed E-state index contributed by atoms with van der Waals surface area (Å²) in [6.07, 6.45) is 4.70. The van der Waals surface area contributed by atoms with Crippen LogP contribution in [0.4, 0.5) is 0 Å². The van der Waals surface area contributed by atoms with Gasteiger partial charge in [0.1, 0.15) is 6.42 Å². The second-order valence-electron chi connectivity index (χ2n) is 4.17. The average Bonchev–Trinajstić information content (AvgIpc) is 2.26. The van der Waals surface area contributed by atoms with Gasteiger partial charge in [-0.15, -0.1) is 0 Å². The van der Waals surface area contributed by atoms with Gasteiger partial charge in [-0.1, -0.05) is 19.3 Å². The van der Waals surface area contributed by atoms with E-state index in [-0.39, 0.29) is 25.1 Å². The Hall–Kier alpha value is -1.10. The van der Waals surface area contributed by atoms with Gasteiger partial charge in [0.05, 0.1) is 6.61 Å². The summed E-state index contributed by atoms with van der Waals surface area (Å²) in [4.78, 5) is 23.7. The van der Waals surface area contributed by atoms with Crippen molar-refractivity contribution in [1.82, 2.24) is 4.90 Å². The van der Waals surface area contributed by atoms with E-state index in [4.69, 9.17) is 10.2 Å². The number of amides is 1. The molecule has 1 fully saturated rings. The fraction of sp³-hybridized carbons (Fsp3) is 0.818. The third-order valence-corrected chi connectivity index (χ3v) is 2.98. The zero-order valence-corrected chi connectivity index (χ0v) is 9.39. The number of aliphatic carboxylic acids is 1. The second-order valence-corrected chi connectivity index (χ2v) is 4.17. The molecule has 0 aromatic carbocycles. The van der Waals surface area contributed by atoms with Crippen LogP contribution in [-0.2, 0) is 9.59 Å². The quantitative estimate of drug-likeness (QED) is 0.677. The van der Waals surface area contributed by atoms with E-state index in [0.29, 0.717) is 0 Å². The number of carboxylic acids is 1. The van der Waals surface area contributed by atoms with Crippen molar-refractivity contribution >= 4 is 11.9 Å². The molecule has 0 radical (unpaired) electrons. The first-order valence-corrected chi connectivity index (χ1v) is 5.77. The minimum absolute atomic E-state index is 0.109. The van der Waals surface area contributed by atoms with Crippen molar-refractivity contribution in [1.29, 1.82) is 0 Å². The number of aliphatic hydroxyl groups excluding tert-OH is 1. The van der Waals surface area contributed by atoms with Crippen molar-refractivity contribution in [2.75, 3.05) is 13.2 Å². The lowest BCUT2D eigenvalue weighted by atomic mass is 9.94. The molecule has 92 valence electrons. The summed E-state index contributed by atoms with van der Waals surface area (Å²) in [5, 5.41) is 17.5. The molecule has 1 aliphatic rings. The van der Waals surface area contributed by atoms with Crippen molar-refractivity contribution < 1.29 is 19.8 Å². The Morgan fingerprint density at radius 3 is 2.31 bits per heavy atom. The summed E-state index contributed by atoms with van der Waals surface area (Å²) >= 11 is 0. The van der Waals surface area contributed by atoms with E-state index >= 15 is 0 Å². The molecule has 0 spiro atoms. The summed E-state index contributed by atoms with van der Waals surface area (Å²) in [6, 6.07) is 0.118. The molecule has 16 heavy (non-hydrogen) atoms. The Bertz CT molecular complexity index is 248. The van der Waals surface area contributed by atoms with E-state index in [2.05, 4.69) is 0 Å². The van der Waals surface area contributed by atoms with Gasteiger partial charge in [0.2, 0.25) is 5.91 Å². The molecule has 0 aromatic heterocycles. The van der Waals surface area contributed by atoms with Crippen LogP contribution in [0.5, 0.6) is 0 Å². The largest absolute Gasteiger partial charge is 0.481 e. The van der Waals surface area contributed by atoms with E-state index < -0.39 is 12.4 Å². The molecule has 1 saturated carbocycles. The molecule has 0 aromatic rings. The zero-order valence-electron chi connectivity index (χ0n) is 9.39. The number of carbonyl (C=O) groups excluding carboxylic acids is 1. The monoisotopic (exact) mass is 229 g/mol. The molecule has 1 aliphatic carbocycles. The number of carboxylic acid groups (broad SMARTS) is 1. The van der Waals surface area contributed by atoms with Gasteiger partial charge >= 0.3 is 5.97 Å². The van der Waals surface area contributed by atoms with E-state index in [1.54, 1.807) is 0 Å². The highest BCUT2D eigenvalue weighted by molar-refractivity contribution is 5.93. The number of hydrogen-bond donors (Lipinski definition) is 2. The zero-order chi connectivity index (χ0) is 12.0. The minimum atomic E-state index is -1.11. The van der Waals surface area contributed by atoms with Gasteiger partial charge in [-0.2, -0.15) is 0 Å². The number of carbonyl (C=O) groups is 2. The third kappa shape index (κ3) is 3.81. The summed E-state index contributed by atoms with van der Waals surface area (Å²) in [5.74, 6) is -1.49. The average molecular weight is 229 g/mol. The Labute approximate surface area is 95.1 Å². The van der Waals surface area contributed by atoms with Crippen LogP contribution < -0.4 is 0 Å². The topological polar surface area (TPSA) is 77.8 Å². The van der Waals surface area contributed by atoms with Crippen LogP contribution in [0.3, 0.4) is 0 Å². The molecular formula is C11H19NO4. The molecular weight excluding hydrogens is 210 g/mol. The molecule has 0 atom stereocenters. The van der Waals surface area contributed by atoms with Gasteiger partial charge in [-0.25, -0.2) is 0 Å². The molecule has 2 N–H and O–H groups in total. The number of rotatable bonds is 5. The van der Waals surface area contributed by atoms with Gasteiger partial charge in [0.25, 0.3) is 0 Å². The lowest BCUT2D eigenvalue weighted by Gasteiger charge is -2.33. The SMILES string of the molecule is O=C(O)CC(=O)N(CCO)C1CCCCC1. The van der Waals surface area contributed by atoms with Gasteiger partial charge < -0.3 is 15.1 Å². The predicted molar refractivity (Wildman–Crippen MR) is 57.9 cm³/mol. The molecule has 1 amide bonds. The molecule has 0 aliphatic heterocycles. The fourth-order valence-corrected chi connectivity index (χ4v) is 2.24. The van der Waals surface area contributed by atoms with E-state index in [9.17, 15) is 9.59 Å². The Kier molecular flexibility index (Phi) is 5.25. The molecule has 0 heterocycles. The molecule has 1 rings (SSSR count). The Morgan fingerprint density at radius 1 is 1.19 bits per heavy atom. The van der Waals surface area contributed by atoms with Crippen LogP contribution in [0, 0.1) is 0 Å². The van der Waals surface area contributed by atoms with Crippen molar-refractivity contribution in [3.05, 3.63) is 0 Å². The van der Waals surface area contributed by atoms with Crippen LogP contribution in [0.25, 0.3) is 0 Å². The molecule has 0 unspecified atom stereocenters. The van der Waals surface area contributed by atoms with Gasteiger partial charge in [0, 0.05) is 12.6 Å². The van der Waals surface area contributed by atoms with E-state index in [0.717, 1.165) is 25.7 Å². The first-order valence-electron chi connectivity index (χ1n) is 5.77. The molecule has 0 saturated heterocycles. The van der Waals surface area contributed by atoms with Crippen molar-refractivity contribution in [2.24, 2.45) is 0 Å². The first-order chi connectivity index (χ1) is 7.65. The van der Waals surface area contributed by atoms with Crippen molar-refractivity contribution in [3.63, 3.8) is 0 Å². The highest BCUT2D eigenvalue weighted by atomic mass is 16.4. The normalized spacial score (nSPS) is 17.1. The number of aliphatic hydroxyl groups is 1. The lowest BCUT2D eigenvalue weighted by molar-refractivity contribution is -0.145. The maximum absolute atomic E-state index is 11.7. The van der Waals surface area contributed by atoms with Crippen LogP contribution in [-0.4, -0.2) is 46.2 Å². The van der Waals surface area contributed by atoms with Gasteiger partial charge in [0.15, 0.2) is 0 Å². The summed E-state index contributed by atoms with van der Waals surface area (Å²) in [7, 11) is 0. The predicted octanol–water partition coefficient (Wildman–Crippen LogP) is 0.615. The number of nitrogens with zero attached hydrogens (tertiary/aromatic N) is 1. The van der Waals surface area contributed by atoms with Crippen LogP contribution in [0.2, 0.25) is 0 Å². The molecule has 5 nitrogen and oxygen atoms in total. The summed E-state index contributed by atoms with van der Waals surface area (Å²) in [5.41, 5.74) is 0. The lowest BCUT2D eigenvalue weighted by Crippen LogP contribution is -2.43. The minimum Gasteiger partial charge on any atom is -0.481 e. The van der Waals surface area contributed by atoms with Gasteiger partial charge in [-0.3, -0.25) is 9.59 Å². The standard InChI is InChI=1S/C11H19NO4/c13-7-6-12(10(14)8-11(15)16)9-4-2-1-3-5-9/h9,13H,1-8H2,(H,15,16). The van der Waals surface area contributed by atoms with Crippen LogP contribution in [0.1, 0.15) is 38.5 Å². The van der Waals surface area contributed by atoms with Crippen molar-refractivity contribution in [3.8, 4) is 0 Å². The highest BCUT2D eigenvalue weighted by Gasteiger charge is 2.25. The third-order valence-electron chi connectivity index (χ3n) is 2.98. The van der Waals surface area contributed by atoms with Crippen molar-refractivity contribution in [2.45, 2.75) is 44.6 Å². The maximum atomic E-state index is 11.7. The Balaban J connectivity index is 2.57. The van der Waals surface area contributed by atoms with E-state index in [1.807, 2.05) is 0 Å². The maximum Gasteiger partial charge on any atom is 0.312 e. The molecule has 0 bridgehead atoms. The summed E-state index contributed by atoms with van der Waals surface area (Å²) < 4.78 is 0. The Morgan fingerprint density at radius 2 is 1.81 bits per heavy atom. The van der Waals surface area contributed by atoms with E-state index in [1.165, 1.54) is 11.3 Å². The smallest absolute Gasteiger partial charge is 0.312 e. The van der Waals surface area contributed by atoms with Crippen LogP contribution in [0.15, 0.2) is 0 Å². The fourth-order valence-electron chi connectivity index (χ4n) is 2.24. The first kappa shape index (κ1) is 13.0. The summed E-state index contributed by atoms with van der Waals surface area (Å²) in [6.45, 7) is 0.138.